The maximum atomic E-state index is 12.8. The average Bonchev–Trinajstić information content (AvgIpc) is 3.62. The van der Waals surface area contributed by atoms with Crippen LogP contribution in [-0.2, 0) is 4.79 Å². The van der Waals surface area contributed by atoms with Crippen LogP contribution in [0.15, 0.2) is 114 Å². The normalized spacial score (nSPS) is 11.2. The number of pyridine rings is 1. The zero-order chi connectivity index (χ0) is 29.6. The van der Waals surface area contributed by atoms with Crippen molar-refractivity contribution in [3.63, 3.8) is 0 Å². The standard InChI is InChI=1S/C31H21ClN6O3S2/c32-27-24-11-4-5-12-25(24)43-28(27)30(40)41-23-10-6-7-20(17-23)18-34-35-26(39)19-42-31-37-36-29(21-13-15-33-16-14-21)38(31)22-8-2-1-3-9-22/h1-18H,19H2,(H,35,39)/b34-18+. The van der Waals surface area contributed by atoms with Crippen molar-refractivity contribution in [3.8, 4) is 22.8 Å². The molecule has 43 heavy (non-hydrogen) atoms. The monoisotopic (exact) mass is 624 g/mol. The first-order valence-electron chi connectivity index (χ1n) is 12.9. The predicted molar refractivity (Wildman–Crippen MR) is 169 cm³/mol. The Morgan fingerprint density at radius 3 is 2.58 bits per heavy atom. The number of rotatable bonds is 9. The van der Waals surface area contributed by atoms with E-state index in [4.69, 9.17) is 16.3 Å². The molecule has 0 saturated carbocycles. The van der Waals surface area contributed by atoms with Gasteiger partial charge in [0.2, 0.25) is 0 Å². The number of esters is 1. The zero-order valence-corrected chi connectivity index (χ0v) is 24.6. The van der Waals surface area contributed by atoms with Gasteiger partial charge in [0.15, 0.2) is 11.0 Å². The van der Waals surface area contributed by atoms with Crippen LogP contribution in [0.4, 0.5) is 0 Å². The van der Waals surface area contributed by atoms with Gasteiger partial charge in [0.25, 0.3) is 5.91 Å². The molecule has 1 N–H and O–H groups in total. The van der Waals surface area contributed by atoms with Crippen LogP contribution in [-0.4, -0.2) is 43.6 Å². The van der Waals surface area contributed by atoms with Gasteiger partial charge in [-0.2, -0.15) is 5.10 Å². The lowest BCUT2D eigenvalue weighted by Gasteiger charge is -2.10. The van der Waals surface area contributed by atoms with Crippen molar-refractivity contribution >= 4 is 62.9 Å². The number of thiophene rings is 1. The molecule has 12 heteroatoms. The summed E-state index contributed by atoms with van der Waals surface area (Å²) < 4.78 is 8.37. The van der Waals surface area contributed by atoms with Crippen molar-refractivity contribution in [3.05, 3.63) is 119 Å². The fraction of sp³-hybridized carbons (Fsp3) is 0.0323. The number of fused-ring (bicyclic) bond motifs is 1. The molecular formula is C31H21ClN6O3S2. The largest absolute Gasteiger partial charge is 0.422 e. The number of nitrogens with zero attached hydrogens (tertiary/aromatic N) is 5. The summed E-state index contributed by atoms with van der Waals surface area (Å²) in [5.74, 6) is 0.170. The first-order chi connectivity index (χ1) is 21.1. The maximum Gasteiger partial charge on any atom is 0.355 e. The number of hydrazone groups is 1. The summed E-state index contributed by atoms with van der Waals surface area (Å²) >= 11 is 8.94. The molecule has 3 aromatic carbocycles. The van der Waals surface area contributed by atoms with Crippen molar-refractivity contribution in [2.45, 2.75) is 5.16 Å². The SMILES string of the molecule is O=C(CSc1nnc(-c2ccncc2)n1-c1ccccc1)N/N=C/c1cccc(OC(=O)c2sc3ccccc3c2Cl)c1. The number of aromatic nitrogens is 4. The summed E-state index contributed by atoms with van der Waals surface area (Å²) in [6.07, 6.45) is 4.86. The average molecular weight is 625 g/mol. The Labute approximate surface area is 259 Å². The second-order valence-corrected chi connectivity index (χ2v) is 11.4. The van der Waals surface area contributed by atoms with Crippen molar-refractivity contribution in [1.29, 1.82) is 0 Å². The van der Waals surface area contributed by atoms with E-state index >= 15 is 0 Å². The fourth-order valence-corrected chi connectivity index (χ4v) is 6.29. The van der Waals surface area contributed by atoms with Gasteiger partial charge in [-0.15, -0.1) is 21.5 Å². The lowest BCUT2D eigenvalue weighted by Crippen LogP contribution is -2.20. The molecule has 0 bridgehead atoms. The van der Waals surface area contributed by atoms with Crippen molar-refractivity contribution < 1.29 is 14.3 Å². The first-order valence-corrected chi connectivity index (χ1v) is 15.1. The number of benzene rings is 3. The molecule has 0 radical (unpaired) electrons. The first kappa shape index (κ1) is 28.3. The highest BCUT2D eigenvalue weighted by Crippen LogP contribution is 2.36. The van der Waals surface area contributed by atoms with Gasteiger partial charge in [-0.25, -0.2) is 10.2 Å². The van der Waals surface area contributed by atoms with E-state index in [0.29, 0.717) is 32.2 Å². The molecule has 3 aromatic heterocycles. The second-order valence-electron chi connectivity index (χ2n) is 9.00. The number of carbonyl (C=O) groups is 2. The van der Waals surface area contributed by atoms with Crippen LogP contribution in [0.3, 0.4) is 0 Å². The molecule has 0 aliphatic heterocycles. The van der Waals surface area contributed by atoms with Crippen molar-refractivity contribution in [2.75, 3.05) is 5.75 Å². The molecule has 9 nitrogen and oxygen atoms in total. The molecule has 0 saturated heterocycles. The number of para-hydroxylation sites is 1. The molecular weight excluding hydrogens is 604 g/mol. The number of ether oxygens (including phenoxy) is 1. The molecule has 1 amide bonds. The number of carbonyl (C=O) groups excluding carboxylic acids is 2. The minimum absolute atomic E-state index is 0.0617. The molecule has 0 atom stereocenters. The predicted octanol–water partition coefficient (Wildman–Crippen LogP) is 6.66. The van der Waals surface area contributed by atoms with E-state index in [9.17, 15) is 9.59 Å². The van der Waals surface area contributed by atoms with Gasteiger partial charge >= 0.3 is 5.97 Å². The molecule has 0 unspecified atom stereocenters. The molecule has 6 rings (SSSR count). The third kappa shape index (κ3) is 6.49. The Bertz CT molecular complexity index is 1940. The summed E-state index contributed by atoms with van der Waals surface area (Å²) in [5.41, 5.74) is 4.88. The molecule has 3 heterocycles. The topological polar surface area (TPSA) is 111 Å². The zero-order valence-electron chi connectivity index (χ0n) is 22.3. The Balaban J connectivity index is 1.09. The van der Waals surface area contributed by atoms with E-state index in [1.54, 1.807) is 36.7 Å². The summed E-state index contributed by atoms with van der Waals surface area (Å²) in [6.45, 7) is 0. The Kier molecular flexibility index (Phi) is 8.55. The molecule has 0 aliphatic carbocycles. The minimum atomic E-state index is -0.541. The summed E-state index contributed by atoms with van der Waals surface area (Å²) in [4.78, 5) is 29.8. The highest BCUT2D eigenvalue weighted by Gasteiger charge is 2.19. The Morgan fingerprint density at radius 2 is 1.77 bits per heavy atom. The lowest BCUT2D eigenvalue weighted by atomic mass is 10.2. The van der Waals surface area contributed by atoms with E-state index in [1.165, 1.54) is 29.3 Å². The van der Waals surface area contributed by atoms with E-state index in [2.05, 4.69) is 25.7 Å². The minimum Gasteiger partial charge on any atom is -0.422 e. The number of thioether (sulfide) groups is 1. The van der Waals surface area contributed by atoms with Gasteiger partial charge in [-0.3, -0.25) is 14.3 Å². The van der Waals surface area contributed by atoms with Gasteiger partial charge in [0, 0.05) is 33.7 Å². The van der Waals surface area contributed by atoms with Gasteiger partial charge in [0.1, 0.15) is 10.6 Å². The highest BCUT2D eigenvalue weighted by atomic mass is 35.5. The number of amides is 1. The van der Waals surface area contributed by atoms with Crippen LogP contribution in [0.5, 0.6) is 5.75 Å². The Morgan fingerprint density at radius 1 is 0.977 bits per heavy atom. The third-order valence-corrected chi connectivity index (χ3v) is 8.69. The van der Waals surface area contributed by atoms with Crippen LogP contribution in [0.2, 0.25) is 5.02 Å². The van der Waals surface area contributed by atoms with E-state index in [-0.39, 0.29) is 11.7 Å². The van der Waals surface area contributed by atoms with Gasteiger partial charge in [-0.05, 0) is 48.0 Å². The number of nitrogens with one attached hydrogen (secondary N) is 1. The number of halogens is 1. The number of hydrogen-bond acceptors (Lipinski definition) is 9. The quantitative estimate of drug-likeness (QED) is 0.0629. The molecule has 0 fully saturated rings. The third-order valence-electron chi connectivity index (χ3n) is 6.11. The van der Waals surface area contributed by atoms with Gasteiger partial charge in [-0.1, -0.05) is 71.9 Å². The maximum absolute atomic E-state index is 12.8. The highest BCUT2D eigenvalue weighted by molar-refractivity contribution is 7.99. The van der Waals surface area contributed by atoms with Crippen LogP contribution < -0.4 is 10.2 Å². The summed E-state index contributed by atoms with van der Waals surface area (Å²) in [6, 6.07) is 27.7. The Hall–Kier alpha value is -4.84. The smallest absolute Gasteiger partial charge is 0.355 e. The van der Waals surface area contributed by atoms with Crippen LogP contribution in [0, 0.1) is 0 Å². The summed E-state index contributed by atoms with van der Waals surface area (Å²) in [5, 5.41) is 14.5. The van der Waals surface area contributed by atoms with E-state index < -0.39 is 5.97 Å². The molecule has 0 aliphatic rings. The summed E-state index contributed by atoms with van der Waals surface area (Å²) in [7, 11) is 0. The van der Waals surface area contributed by atoms with Crippen LogP contribution in [0.25, 0.3) is 27.2 Å². The van der Waals surface area contributed by atoms with Gasteiger partial charge in [0.05, 0.1) is 17.0 Å². The molecule has 6 aromatic rings. The van der Waals surface area contributed by atoms with Crippen LogP contribution >= 0.6 is 34.7 Å². The number of hydrogen-bond donors (Lipinski definition) is 1. The lowest BCUT2D eigenvalue weighted by molar-refractivity contribution is -0.118. The molecule has 0 spiro atoms. The van der Waals surface area contributed by atoms with E-state index in [1.807, 2.05) is 71.3 Å². The van der Waals surface area contributed by atoms with Crippen LogP contribution in [0.1, 0.15) is 15.2 Å². The fourth-order valence-electron chi connectivity index (χ4n) is 4.16. The van der Waals surface area contributed by atoms with E-state index in [0.717, 1.165) is 21.3 Å². The van der Waals surface area contributed by atoms with Gasteiger partial charge < -0.3 is 4.74 Å². The van der Waals surface area contributed by atoms with Crippen molar-refractivity contribution in [1.82, 2.24) is 25.2 Å². The second kappa shape index (κ2) is 13.0. The van der Waals surface area contributed by atoms with Crippen molar-refractivity contribution in [2.24, 2.45) is 5.10 Å². The molecule has 212 valence electrons.